The highest BCUT2D eigenvalue weighted by Gasteiger charge is 2.00. The van der Waals surface area contributed by atoms with Gasteiger partial charge in [-0.15, -0.1) is 0 Å². The van der Waals surface area contributed by atoms with Crippen LogP contribution in [0.3, 0.4) is 0 Å². The monoisotopic (exact) mass is 250 g/mol. The van der Waals surface area contributed by atoms with Gasteiger partial charge in [-0.25, -0.2) is 0 Å². The van der Waals surface area contributed by atoms with Crippen molar-refractivity contribution in [2.75, 3.05) is 33.7 Å². The average Bonchev–Trinajstić information content (AvgIpc) is 2.37. The lowest BCUT2D eigenvalue weighted by Crippen LogP contribution is -2.34. The van der Waals surface area contributed by atoms with Crippen molar-refractivity contribution >= 4 is 5.91 Å². The normalized spacial score (nSPS) is 10.6. The van der Waals surface area contributed by atoms with E-state index in [2.05, 4.69) is 20.5 Å². The van der Waals surface area contributed by atoms with E-state index in [1.54, 1.807) is 12.4 Å². The Labute approximate surface area is 109 Å². The van der Waals surface area contributed by atoms with Gasteiger partial charge in [-0.1, -0.05) is 6.07 Å². The van der Waals surface area contributed by atoms with E-state index in [9.17, 15) is 4.79 Å². The zero-order chi connectivity index (χ0) is 13.2. The average molecular weight is 250 g/mol. The molecule has 0 aromatic carbocycles. The van der Waals surface area contributed by atoms with Crippen LogP contribution in [0.1, 0.15) is 12.0 Å². The standard InChI is InChI=1S/C13H22N4O/c1-17(2)8-4-7-15-11-13(18)16-10-12-5-3-6-14-9-12/h3,5-6,9,15H,4,7-8,10-11H2,1-2H3,(H,16,18). The number of aromatic nitrogens is 1. The molecule has 1 rings (SSSR count). The maximum atomic E-state index is 11.5. The first-order valence-corrected chi connectivity index (χ1v) is 6.19. The summed E-state index contributed by atoms with van der Waals surface area (Å²) in [6, 6.07) is 3.80. The van der Waals surface area contributed by atoms with Crippen molar-refractivity contribution in [3.63, 3.8) is 0 Å². The Morgan fingerprint density at radius 2 is 2.28 bits per heavy atom. The smallest absolute Gasteiger partial charge is 0.234 e. The molecule has 0 fully saturated rings. The van der Waals surface area contributed by atoms with Crippen LogP contribution in [0.25, 0.3) is 0 Å². The molecular weight excluding hydrogens is 228 g/mol. The minimum absolute atomic E-state index is 0.0173. The number of hydrogen-bond donors (Lipinski definition) is 2. The summed E-state index contributed by atoms with van der Waals surface area (Å²) >= 11 is 0. The Kier molecular flexibility index (Phi) is 6.98. The minimum atomic E-state index is 0.0173. The summed E-state index contributed by atoms with van der Waals surface area (Å²) in [4.78, 5) is 17.6. The lowest BCUT2D eigenvalue weighted by molar-refractivity contribution is -0.120. The van der Waals surface area contributed by atoms with E-state index >= 15 is 0 Å². The van der Waals surface area contributed by atoms with E-state index < -0.39 is 0 Å². The molecule has 0 saturated heterocycles. The van der Waals surface area contributed by atoms with Crippen LogP contribution in [0.15, 0.2) is 24.5 Å². The van der Waals surface area contributed by atoms with Gasteiger partial charge in [0.05, 0.1) is 6.54 Å². The van der Waals surface area contributed by atoms with Crippen molar-refractivity contribution in [2.45, 2.75) is 13.0 Å². The van der Waals surface area contributed by atoms with Crippen LogP contribution in [-0.2, 0) is 11.3 Å². The Bertz CT molecular complexity index is 340. The zero-order valence-electron chi connectivity index (χ0n) is 11.1. The van der Waals surface area contributed by atoms with Crippen molar-refractivity contribution in [3.8, 4) is 0 Å². The van der Waals surface area contributed by atoms with Gasteiger partial charge in [-0.2, -0.15) is 0 Å². The van der Waals surface area contributed by atoms with Gasteiger partial charge in [-0.05, 0) is 45.2 Å². The van der Waals surface area contributed by atoms with Crippen molar-refractivity contribution in [1.29, 1.82) is 0 Å². The molecule has 1 amide bonds. The number of nitrogens with one attached hydrogen (secondary N) is 2. The first-order chi connectivity index (χ1) is 8.68. The topological polar surface area (TPSA) is 57.3 Å². The molecule has 0 aliphatic heterocycles. The Morgan fingerprint density at radius 1 is 1.44 bits per heavy atom. The number of hydrogen-bond acceptors (Lipinski definition) is 4. The van der Waals surface area contributed by atoms with E-state index in [0.29, 0.717) is 13.1 Å². The van der Waals surface area contributed by atoms with Crippen LogP contribution < -0.4 is 10.6 Å². The summed E-state index contributed by atoms with van der Waals surface area (Å²) in [5.74, 6) is 0.0173. The van der Waals surface area contributed by atoms with Gasteiger partial charge in [0.1, 0.15) is 0 Å². The molecule has 5 nitrogen and oxygen atoms in total. The zero-order valence-corrected chi connectivity index (χ0v) is 11.1. The summed E-state index contributed by atoms with van der Waals surface area (Å²) in [7, 11) is 4.08. The highest BCUT2D eigenvalue weighted by atomic mass is 16.1. The second-order valence-corrected chi connectivity index (χ2v) is 4.47. The molecule has 18 heavy (non-hydrogen) atoms. The predicted octanol–water partition coefficient (Wildman–Crippen LogP) is 0.239. The van der Waals surface area contributed by atoms with Crippen LogP contribution in [0.2, 0.25) is 0 Å². The molecule has 0 aliphatic rings. The SMILES string of the molecule is CN(C)CCCNCC(=O)NCc1cccnc1. The maximum absolute atomic E-state index is 11.5. The van der Waals surface area contributed by atoms with Gasteiger partial charge in [-0.3, -0.25) is 9.78 Å². The third-order valence-electron chi connectivity index (χ3n) is 2.46. The second kappa shape index (κ2) is 8.60. The molecule has 1 heterocycles. The Hall–Kier alpha value is -1.46. The minimum Gasteiger partial charge on any atom is -0.351 e. The van der Waals surface area contributed by atoms with Gasteiger partial charge in [0.15, 0.2) is 0 Å². The fraction of sp³-hybridized carbons (Fsp3) is 0.538. The molecule has 0 aliphatic carbocycles. The van der Waals surface area contributed by atoms with Crippen molar-refractivity contribution in [1.82, 2.24) is 20.5 Å². The molecule has 0 radical (unpaired) electrons. The van der Waals surface area contributed by atoms with Crippen LogP contribution >= 0.6 is 0 Å². The Balaban J connectivity index is 2.04. The summed E-state index contributed by atoms with van der Waals surface area (Å²) < 4.78 is 0. The first kappa shape index (κ1) is 14.6. The molecule has 0 spiro atoms. The molecular formula is C13H22N4O. The number of amides is 1. The summed E-state index contributed by atoms with van der Waals surface area (Å²) in [5.41, 5.74) is 1.01. The second-order valence-electron chi connectivity index (χ2n) is 4.47. The van der Waals surface area contributed by atoms with Crippen LogP contribution in [0.4, 0.5) is 0 Å². The molecule has 0 unspecified atom stereocenters. The van der Waals surface area contributed by atoms with Gasteiger partial charge >= 0.3 is 0 Å². The van der Waals surface area contributed by atoms with Gasteiger partial charge in [0.25, 0.3) is 0 Å². The van der Waals surface area contributed by atoms with Gasteiger partial charge in [0.2, 0.25) is 5.91 Å². The number of rotatable bonds is 8. The van der Waals surface area contributed by atoms with E-state index in [-0.39, 0.29) is 5.91 Å². The van der Waals surface area contributed by atoms with Crippen molar-refractivity contribution < 1.29 is 4.79 Å². The Morgan fingerprint density at radius 3 is 2.94 bits per heavy atom. The third-order valence-corrected chi connectivity index (χ3v) is 2.46. The molecule has 100 valence electrons. The summed E-state index contributed by atoms with van der Waals surface area (Å²) in [6.07, 6.45) is 4.52. The largest absolute Gasteiger partial charge is 0.351 e. The van der Waals surface area contributed by atoms with Crippen LogP contribution in [0.5, 0.6) is 0 Å². The third kappa shape index (κ3) is 6.98. The molecule has 1 aromatic rings. The number of pyridine rings is 1. The molecule has 1 aromatic heterocycles. The molecule has 0 atom stereocenters. The first-order valence-electron chi connectivity index (χ1n) is 6.19. The lowest BCUT2D eigenvalue weighted by atomic mass is 10.3. The molecule has 0 bridgehead atoms. The molecule has 0 saturated carbocycles. The molecule has 5 heteroatoms. The fourth-order valence-electron chi connectivity index (χ4n) is 1.49. The predicted molar refractivity (Wildman–Crippen MR) is 72.1 cm³/mol. The molecule has 2 N–H and O–H groups in total. The van der Waals surface area contributed by atoms with Crippen molar-refractivity contribution in [2.24, 2.45) is 0 Å². The van der Waals surface area contributed by atoms with E-state index in [1.165, 1.54) is 0 Å². The van der Waals surface area contributed by atoms with E-state index in [0.717, 1.165) is 25.1 Å². The summed E-state index contributed by atoms with van der Waals surface area (Å²) in [6.45, 7) is 2.79. The van der Waals surface area contributed by atoms with Gasteiger partial charge < -0.3 is 15.5 Å². The maximum Gasteiger partial charge on any atom is 0.234 e. The number of carbonyl (C=O) groups is 1. The van der Waals surface area contributed by atoms with Gasteiger partial charge in [0, 0.05) is 18.9 Å². The quantitative estimate of drug-likeness (QED) is 0.649. The van der Waals surface area contributed by atoms with Crippen LogP contribution in [0, 0.1) is 0 Å². The number of nitrogens with zero attached hydrogens (tertiary/aromatic N) is 2. The number of carbonyl (C=O) groups excluding carboxylic acids is 1. The van der Waals surface area contributed by atoms with E-state index in [4.69, 9.17) is 0 Å². The van der Waals surface area contributed by atoms with E-state index in [1.807, 2.05) is 26.2 Å². The highest BCUT2D eigenvalue weighted by molar-refractivity contribution is 5.77. The fourth-order valence-corrected chi connectivity index (χ4v) is 1.49. The van der Waals surface area contributed by atoms with Crippen molar-refractivity contribution in [3.05, 3.63) is 30.1 Å². The lowest BCUT2D eigenvalue weighted by Gasteiger charge is -2.10. The highest BCUT2D eigenvalue weighted by Crippen LogP contribution is 1.93. The van der Waals surface area contributed by atoms with Crippen LogP contribution in [-0.4, -0.2) is 49.5 Å². The summed E-state index contributed by atoms with van der Waals surface area (Å²) in [5, 5.41) is 5.97.